The number of primary amides is 1. The molecule has 2 amide bonds. The predicted molar refractivity (Wildman–Crippen MR) is 108 cm³/mol. The van der Waals surface area contributed by atoms with Crippen LogP contribution in [-0.4, -0.2) is 22.3 Å². The number of carbonyl (C=O) groups is 2. The minimum atomic E-state index is -1.13. The Balaban J connectivity index is 1.89. The van der Waals surface area contributed by atoms with Crippen LogP contribution in [0.5, 0.6) is 5.75 Å². The van der Waals surface area contributed by atoms with E-state index in [0.717, 1.165) is 25.5 Å². The van der Waals surface area contributed by atoms with E-state index in [2.05, 4.69) is 10.3 Å². The molecule has 142 valence electrons. The molecular formula is C19H21N3O3S2. The lowest BCUT2D eigenvalue weighted by atomic mass is 10.0. The van der Waals surface area contributed by atoms with Crippen LogP contribution in [0.4, 0.5) is 0 Å². The molecule has 0 fully saturated rings. The number of amides is 2. The summed E-state index contributed by atoms with van der Waals surface area (Å²) in [6, 6.07) is 5.70. The number of aromatic nitrogens is 1. The van der Waals surface area contributed by atoms with E-state index in [1.165, 1.54) is 11.3 Å². The van der Waals surface area contributed by atoms with Crippen molar-refractivity contribution in [3.63, 3.8) is 0 Å². The van der Waals surface area contributed by atoms with Crippen molar-refractivity contribution < 1.29 is 14.3 Å². The Labute approximate surface area is 165 Å². The molecule has 6 nitrogen and oxygen atoms in total. The SMILES string of the molecule is Cc1ncsc1COc1ccc2sc(C)c(C(=O)NC(C)(C)C(N)=O)c2c1. The van der Waals surface area contributed by atoms with Crippen LogP contribution in [-0.2, 0) is 11.4 Å². The minimum Gasteiger partial charge on any atom is -0.488 e. The fourth-order valence-corrected chi connectivity index (χ4v) is 4.32. The Hall–Kier alpha value is -2.45. The van der Waals surface area contributed by atoms with Crippen molar-refractivity contribution in [3.8, 4) is 5.75 Å². The summed E-state index contributed by atoms with van der Waals surface area (Å²) >= 11 is 3.08. The second-order valence-corrected chi connectivity index (χ2v) is 8.98. The van der Waals surface area contributed by atoms with Gasteiger partial charge in [-0.2, -0.15) is 0 Å². The molecule has 0 aliphatic carbocycles. The predicted octanol–water partition coefficient (Wildman–Crippen LogP) is 3.55. The number of benzene rings is 1. The lowest BCUT2D eigenvalue weighted by Crippen LogP contribution is -2.53. The van der Waals surface area contributed by atoms with E-state index in [9.17, 15) is 9.59 Å². The highest BCUT2D eigenvalue weighted by molar-refractivity contribution is 7.19. The number of nitrogens with zero attached hydrogens (tertiary/aromatic N) is 1. The van der Waals surface area contributed by atoms with Crippen molar-refractivity contribution >= 4 is 44.6 Å². The van der Waals surface area contributed by atoms with Crippen molar-refractivity contribution in [2.45, 2.75) is 39.8 Å². The van der Waals surface area contributed by atoms with Gasteiger partial charge in [-0.3, -0.25) is 9.59 Å². The van der Waals surface area contributed by atoms with Gasteiger partial charge in [0, 0.05) is 15.0 Å². The zero-order valence-electron chi connectivity index (χ0n) is 15.6. The monoisotopic (exact) mass is 403 g/mol. The second-order valence-electron chi connectivity index (χ2n) is 6.78. The standard InChI is InChI=1S/C19H21N3O3S2/c1-10-15(26-9-21-10)8-25-12-5-6-14-13(7-12)16(11(2)27-14)17(23)22-19(3,4)18(20)24/h5-7,9H,8H2,1-4H3,(H2,20,24)(H,22,23). The van der Waals surface area contributed by atoms with Gasteiger partial charge in [0.2, 0.25) is 5.91 Å². The third-order valence-electron chi connectivity index (χ3n) is 4.32. The van der Waals surface area contributed by atoms with E-state index in [1.807, 2.05) is 32.0 Å². The Morgan fingerprint density at radius 2 is 2.04 bits per heavy atom. The van der Waals surface area contributed by atoms with Gasteiger partial charge in [0.05, 0.1) is 21.6 Å². The molecule has 0 atom stereocenters. The fraction of sp³-hybridized carbons (Fsp3) is 0.316. The van der Waals surface area contributed by atoms with Crippen LogP contribution in [0.1, 0.15) is 39.7 Å². The molecule has 0 saturated heterocycles. The van der Waals surface area contributed by atoms with E-state index in [1.54, 1.807) is 30.7 Å². The molecule has 3 rings (SSSR count). The summed E-state index contributed by atoms with van der Waals surface area (Å²) in [5, 5.41) is 3.52. The van der Waals surface area contributed by atoms with Gasteiger partial charge < -0.3 is 15.8 Å². The Morgan fingerprint density at radius 1 is 1.30 bits per heavy atom. The summed E-state index contributed by atoms with van der Waals surface area (Å²) in [7, 11) is 0. The van der Waals surface area contributed by atoms with Gasteiger partial charge in [-0.15, -0.1) is 22.7 Å². The molecule has 8 heteroatoms. The quantitative estimate of drug-likeness (QED) is 0.658. The topological polar surface area (TPSA) is 94.3 Å². The van der Waals surface area contributed by atoms with Gasteiger partial charge >= 0.3 is 0 Å². The maximum atomic E-state index is 12.8. The summed E-state index contributed by atoms with van der Waals surface area (Å²) in [6.07, 6.45) is 0. The van der Waals surface area contributed by atoms with Gasteiger partial charge in [0.25, 0.3) is 5.91 Å². The molecular weight excluding hydrogens is 382 g/mol. The molecule has 3 aromatic rings. The smallest absolute Gasteiger partial charge is 0.253 e. The summed E-state index contributed by atoms with van der Waals surface area (Å²) < 4.78 is 6.87. The average Bonchev–Trinajstić information content (AvgIpc) is 3.13. The van der Waals surface area contributed by atoms with Gasteiger partial charge in [-0.25, -0.2) is 4.98 Å². The molecule has 0 radical (unpaired) electrons. The minimum absolute atomic E-state index is 0.321. The first-order valence-electron chi connectivity index (χ1n) is 8.36. The molecule has 0 bridgehead atoms. The van der Waals surface area contributed by atoms with Crippen molar-refractivity contribution in [2.24, 2.45) is 5.73 Å². The van der Waals surface area contributed by atoms with Crippen LogP contribution in [0.3, 0.4) is 0 Å². The number of thiophene rings is 1. The van der Waals surface area contributed by atoms with E-state index in [4.69, 9.17) is 10.5 Å². The zero-order valence-corrected chi connectivity index (χ0v) is 17.2. The molecule has 0 aliphatic rings. The van der Waals surface area contributed by atoms with E-state index in [0.29, 0.717) is 17.9 Å². The molecule has 0 unspecified atom stereocenters. The molecule has 0 saturated carbocycles. The molecule has 0 aliphatic heterocycles. The summed E-state index contributed by atoms with van der Waals surface area (Å²) in [5.41, 5.74) is 7.54. The largest absolute Gasteiger partial charge is 0.488 e. The number of nitrogens with two attached hydrogens (primary N) is 1. The summed E-state index contributed by atoms with van der Waals surface area (Å²) in [4.78, 5) is 30.5. The van der Waals surface area contributed by atoms with Gasteiger partial charge in [0.1, 0.15) is 17.9 Å². The van der Waals surface area contributed by atoms with E-state index < -0.39 is 11.4 Å². The van der Waals surface area contributed by atoms with Gasteiger partial charge in [0.15, 0.2) is 0 Å². The average molecular weight is 404 g/mol. The van der Waals surface area contributed by atoms with Crippen LogP contribution in [0.15, 0.2) is 23.7 Å². The third kappa shape index (κ3) is 3.96. The van der Waals surface area contributed by atoms with Gasteiger partial charge in [-0.05, 0) is 45.9 Å². The lowest BCUT2D eigenvalue weighted by Gasteiger charge is -2.22. The number of aryl methyl sites for hydroxylation is 2. The van der Waals surface area contributed by atoms with Crippen molar-refractivity contribution in [1.82, 2.24) is 10.3 Å². The van der Waals surface area contributed by atoms with Crippen LogP contribution in [0, 0.1) is 13.8 Å². The maximum absolute atomic E-state index is 12.8. The lowest BCUT2D eigenvalue weighted by molar-refractivity contribution is -0.122. The molecule has 1 aromatic carbocycles. The van der Waals surface area contributed by atoms with E-state index >= 15 is 0 Å². The third-order valence-corrected chi connectivity index (χ3v) is 6.31. The van der Waals surface area contributed by atoms with Crippen molar-refractivity contribution in [1.29, 1.82) is 0 Å². The Kier molecular flexibility index (Phi) is 5.21. The molecule has 3 N–H and O–H groups in total. The number of rotatable bonds is 6. The number of fused-ring (bicyclic) bond motifs is 1. The fourth-order valence-electron chi connectivity index (χ4n) is 2.59. The first kappa shape index (κ1) is 19.3. The van der Waals surface area contributed by atoms with Crippen LogP contribution >= 0.6 is 22.7 Å². The van der Waals surface area contributed by atoms with Crippen LogP contribution < -0.4 is 15.8 Å². The first-order valence-corrected chi connectivity index (χ1v) is 10.1. The molecule has 0 spiro atoms. The molecule has 2 aromatic heterocycles. The second kappa shape index (κ2) is 7.28. The van der Waals surface area contributed by atoms with Crippen molar-refractivity contribution in [3.05, 3.63) is 44.7 Å². The van der Waals surface area contributed by atoms with Gasteiger partial charge in [-0.1, -0.05) is 0 Å². The van der Waals surface area contributed by atoms with E-state index in [-0.39, 0.29) is 5.91 Å². The van der Waals surface area contributed by atoms with Crippen LogP contribution in [0.2, 0.25) is 0 Å². The number of hydrogen-bond acceptors (Lipinski definition) is 6. The zero-order chi connectivity index (χ0) is 19.8. The number of nitrogens with one attached hydrogen (secondary N) is 1. The highest BCUT2D eigenvalue weighted by Crippen LogP contribution is 2.34. The number of carbonyl (C=O) groups excluding carboxylic acids is 2. The first-order chi connectivity index (χ1) is 12.7. The molecule has 27 heavy (non-hydrogen) atoms. The van der Waals surface area contributed by atoms with Crippen molar-refractivity contribution in [2.75, 3.05) is 0 Å². The highest BCUT2D eigenvalue weighted by atomic mass is 32.1. The summed E-state index contributed by atoms with van der Waals surface area (Å²) in [6.45, 7) is 7.44. The van der Waals surface area contributed by atoms with Crippen LogP contribution in [0.25, 0.3) is 10.1 Å². The summed E-state index contributed by atoms with van der Waals surface area (Å²) in [5.74, 6) is -0.230. The Morgan fingerprint density at radius 3 is 2.67 bits per heavy atom. The maximum Gasteiger partial charge on any atom is 0.253 e. The molecule has 2 heterocycles. The normalized spacial score (nSPS) is 11.6. The Bertz CT molecular complexity index is 1020. The highest BCUT2D eigenvalue weighted by Gasteiger charge is 2.29. The number of thiazole rings is 1. The number of hydrogen-bond donors (Lipinski definition) is 2. The number of ether oxygens (including phenoxy) is 1.